The van der Waals surface area contributed by atoms with Gasteiger partial charge in [-0.2, -0.15) is 5.26 Å². The highest BCUT2D eigenvalue weighted by Crippen LogP contribution is 2.36. The van der Waals surface area contributed by atoms with Crippen molar-refractivity contribution in [1.82, 2.24) is 4.90 Å². The molecule has 1 N–H and O–H groups in total. The van der Waals surface area contributed by atoms with E-state index in [2.05, 4.69) is 36.2 Å². The molecule has 0 bridgehead atoms. The minimum Gasteiger partial charge on any atom is -0.496 e. The molecule has 0 aliphatic carbocycles. The number of methoxy groups -OCH3 is 1. The Bertz CT molecular complexity index is 1190. The van der Waals surface area contributed by atoms with Gasteiger partial charge in [-0.05, 0) is 105 Å². The van der Waals surface area contributed by atoms with E-state index in [1.165, 1.54) is 0 Å². The maximum absolute atomic E-state index is 12.9. The lowest BCUT2D eigenvalue weighted by Crippen LogP contribution is -2.37. The number of nitriles is 1. The summed E-state index contributed by atoms with van der Waals surface area (Å²) in [6, 6.07) is 23.5. The van der Waals surface area contributed by atoms with E-state index in [0.717, 1.165) is 54.1 Å². The summed E-state index contributed by atoms with van der Waals surface area (Å²) in [5.41, 5.74) is 5.06. The van der Waals surface area contributed by atoms with Gasteiger partial charge in [-0.1, -0.05) is 24.3 Å². The van der Waals surface area contributed by atoms with Crippen molar-refractivity contribution in [1.29, 1.82) is 5.26 Å². The van der Waals surface area contributed by atoms with E-state index < -0.39 is 0 Å². The third-order valence-electron chi connectivity index (χ3n) is 6.66. The molecule has 1 aliphatic heterocycles. The molecule has 1 saturated heterocycles. The largest absolute Gasteiger partial charge is 0.496 e. The Labute approximate surface area is 202 Å². The van der Waals surface area contributed by atoms with Gasteiger partial charge in [-0.15, -0.1) is 0 Å². The average Bonchev–Trinajstić information content (AvgIpc) is 2.88. The number of benzene rings is 3. The first-order chi connectivity index (χ1) is 16.5. The van der Waals surface area contributed by atoms with Gasteiger partial charge in [0, 0.05) is 17.3 Å². The molecule has 0 spiro atoms. The van der Waals surface area contributed by atoms with E-state index in [9.17, 15) is 4.79 Å². The summed E-state index contributed by atoms with van der Waals surface area (Å²) >= 11 is 0. The van der Waals surface area contributed by atoms with Crippen LogP contribution in [0.2, 0.25) is 0 Å². The third kappa shape index (κ3) is 5.30. The zero-order chi connectivity index (χ0) is 24.1. The number of ether oxygens (including phenoxy) is 1. The Balaban J connectivity index is 1.47. The van der Waals surface area contributed by atoms with Crippen molar-refractivity contribution >= 4 is 11.6 Å². The first-order valence-electron chi connectivity index (χ1n) is 11.8. The molecule has 1 amide bonds. The third-order valence-corrected chi connectivity index (χ3v) is 6.66. The molecule has 0 aromatic heterocycles. The number of hydrogen-bond donors (Lipinski definition) is 1. The van der Waals surface area contributed by atoms with Crippen molar-refractivity contribution in [2.45, 2.75) is 38.6 Å². The maximum atomic E-state index is 12.9. The van der Waals surface area contributed by atoms with Crippen LogP contribution in [0.4, 0.5) is 5.69 Å². The van der Waals surface area contributed by atoms with Crippen LogP contribution in [0.25, 0.3) is 11.1 Å². The summed E-state index contributed by atoms with van der Waals surface area (Å²) in [7, 11) is 1.70. The number of piperidine rings is 1. The van der Waals surface area contributed by atoms with Crippen LogP contribution in [0.15, 0.2) is 66.7 Å². The van der Waals surface area contributed by atoms with Crippen molar-refractivity contribution in [2.75, 3.05) is 25.5 Å². The van der Waals surface area contributed by atoms with Gasteiger partial charge >= 0.3 is 0 Å². The van der Waals surface area contributed by atoms with Crippen LogP contribution in [-0.2, 0) is 0 Å². The molecule has 5 heteroatoms. The lowest BCUT2D eigenvalue weighted by molar-refractivity contribution is 0.102. The zero-order valence-electron chi connectivity index (χ0n) is 20.0. The quantitative estimate of drug-likeness (QED) is 0.492. The number of anilines is 1. The van der Waals surface area contributed by atoms with E-state index in [1.54, 1.807) is 13.2 Å². The second-order valence-electron chi connectivity index (χ2n) is 9.08. The summed E-state index contributed by atoms with van der Waals surface area (Å²) < 4.78 is 5.64. The van der Waals surface area contributed by atoms with E-state index in [1.807, 2.05) is 54.6 Å². The molecule has 1 aliphatic rings. The number of nitrogens with zero attached hydrogens (tertiary/aromatic N) is 2. The van der Waals surface area contributed by atoms with Gasteiger partial charge in [0.15, 0.2) is 0 Å². The number of carbonyl (C=O) groups excluding carboxylic acids is 1. The number of carbonyl (C=O) groups is 1. The first kappa shape index (κ1) is 23.5. The van der Waals surface area contributed by atoms with Crippen LogP contribution in [-0.4, -0.2) is 37.0 Å². The van der Waals surface area contributed by atoms with Crippen molar-refractivity contribution in [3.8, 4) is 22.9 Å². The standard InChI is InChI=1S/C29H31N3O2/c1-20(2)32-15-13-23(14-16-32)27-18-26(11-12-28(27)34-3)31-29(33)24-9-7-22(8-10-24)25-6-4-5-21(17-25)19-30/h4-12,17-18,20,23H,13-16H2,1-3H3,(H,31,33). The average molecular weight is 454 g/mol. The van der Waals surface area contributed by atoms with E-state index in [4.69, 9.17) is 10.00 Å². The van der Waals surface area contributed by atoms with Gasteiger partial charge in [0.25, 0.3) is 5.91 Å². The van der Waals surface area contributed by atoms with Crippen LogP contribution in [0.1, 0.15) is 54.1 Å². The minimum atomic E-state index is -0.150. The molecule has 4 rings (SSSR count). The highest BCUT2D eigenvalue weighted by molar-refractivity contribution is 6.04. The van der Waals surface area contributed by atoms with Crippen LogP contribution in [0.3, 0.4) is 0 Å². The van der Waals surface area contributed by atoms with E-state index >= 15 is 0 Å². The molecule has 174 valence electrons. The Kier molecular flexibility index (Phi) is 7.30. The normalized spacial score (nSPS) is 14.6. The summed E-state index contributed by atoms with van der Waals surface area (Å²) in [5.74, 6) is 1.15. The molecule has 34 heavy (non-hydrogen) atoms. The smallest absolute Gasteiger partial charge is 0.255 e. The molecule has 3 aromatic carbocycles. The zero-order valence-corrected chi connectivity index (χ0v) is 20.0. The fourth-order valence-electron chi connectivity index (χ4n) is 4.64. The van der Waals surface area contributed by atoms with Crippen molar-refractivity contribution in [3.05, 3.63) is 83.4 Å². The Morgan fingerprint density at radius 3 is 2.41 bits per heavy atom. The van der Waals surface area contributed by atoms with Crippen LogP contribution in [0, 0.1) is 11.3 Å². The molecule has 5 nitrogen and oxygen atoms in total. The highest BCUT2D eigenvalue weighted by atomic mass is 16.5. The van der Waals surface area contributed by atoms with Gasteiger partial charge in [0.1, 0.15) is 5.75 Å². The molecule has 1 heterocycles. The molecule has 0 unspecified atom stereocenters. The number of rotatable bonds is 6. The predicted octanol–water partition coefficient (Wildman–Crippen LogP) is 6.07. The maximum Gasteiger partial charge on any atom is 0.255 e. The second kappa shape index (κ2) is 10.5. The topological polar surface area (TPSA) is 65.4 Å². The highest BCUT2D eigenvalue weighted by Gasteiger charge is 2.24. The lowest BCUT2D eigenvalue weighted by atomic mass is 9.88. The fourth-order valence-corrected chi connectivity index (χ4v) is 4.64. The number of amides is 1. The van der Waals surface area contributed by atoms with Crippen molar-refractivity contribution < 1.29 is 9.53 Å². The van der Waals surface area contributed by atoms with Gasteiger partial charge < -0.3 is 15.0 Å². The van der Waals surface area contributed by atoms with Gasteiger partial charge in [-0.25, -0.2) is 0 Å². The van der Waals surface area contributed by atoms with Gasteiger partial charge in [-0.3, -0.25) is 4.79 Å². The Hall–Kier alpha value is -3.62. The van der Waals surface area contributed by atoms with Crippen LogP contribution < -0.4 is 10.1 Å². The fraction of sp³-hybridized carbons (Fsp3) is 0.310. The minimum absolute atomic E-state index is 0.150. The summed E-state index contributed by atoms with van der Waals surface area (Å²) in [5, 5.41) is 12.2. The molecular weight excluding hydrogens is 422 g/mol. The molecular formula is C29H31N3O2. The number of likely N-dealkylation sites (tertiary alicyclic amines) is 1. The Morgan fingerprint density at radius 2 is 1.76 bits per heavy atom. The lowest BCUT2D eigenvalue weighted by Gasteiger charge is -2.35. The van der Waals surface area contributed by atoms with Crippen molar-refractivity contribution in [2.24, 2.45) is 0 Å². The van der Waals surface area contributed by atoms with Crippen molar-refractivity contribution in [3.63, 3.8) is 0 Å². The predicted molar refractivity (Wildman–Crippen MR) is 136 cm³/mol. The monoisotopic (exact) mass is 453 g/mol. The second-order valence-corrected chi connectivity index (χ2v) is 9.08. The van der Waals surface area contributed by atoms with Gasteiger partial charge in [0.05, 0.1) is 18.7 Å². The molecule has 0 atom stereocenters. The van der Waals surface area contributed by atoms with Crippen LogP contribution >= 0.6 is 0 Å². The SMILES string of the molecule is COc1ccc(NC(=O)c2ccc(-c3cccc(C#N)c3)cc2)cc1C1CCN(C(C)C)CC1. The molecule has 0 radical (unpaired) electrons. The van der Waals surface area contributed by atoms with E-state index in [-0.39, 0.29) is 5.91 Å². The summed E-state index contributed by atoms with van der Waals surface area (Å²) in [6.07, 6.45) is 2.17. The molecule has 0 saturated carbocycles. The first-order valence-corrected chi connectivity index (χ1v) is 11.8. The molecule has 1 fully saturated rings. The van der Waals surface area contributed by atoms with E-state index in [0.29, 0.717) is 23.1 Å². The Morgan fingerprint density at radius 1 is 1.03 bits per heavy atom. The van der Waals surface area contributed by atoms with Crippen LogP contribution in [0.5, 0.6) is 5.75 Å². The molecule has 3 aromatic rings. The summed E-state index contributed by atoms with van der Waals surface area (Å²) in [6.45, 7) is 6.64. The number of nitrogens with one attached hydrogen (secondary N) is 1. The summed E-state index contributed by atoms with van der Waals surface area (Å²) in [4.78, 5) is 15.4. The number of hydrogen-bond acceptors (Lipinski definition) is 4. The van der Waals surface area contributed by atoms with Gasteiger partial charge in [0.2, 0.25) is 0 Å².